The number of nitrogens with two attached hydrogens (primary N) is 1. The van der Waals surface area contributed by atoms with Crippen LogP contribution in [0.25, 0.3) is 0 Å². The van der Waals surface area contributed by atoms with Crippen LogP contribution in [0.15, 0.2) is 11.5 Å². The van der Waals surface area contributed by atoms with Gasteiger partial charge in [-0.25, -0.2) is 9.67 Å². The van der Waals surface area contributed by atoms with E-state index in [1.54, 1.807) is 18.1 Å². The van der Waals surface area contributed by atoms with Crippen molar-refractivity contribution in [1.82, 2.24) is 29.5 Å². The second kappa shape index (κ2) is 5.30. The van der Waals surface area contributed by atoms with Crippen molar-refractivity contribution < 1.29 is 0 Å². The summed E-state index contributed by atoms with van der Waals surface area (Å²) in [5, 5.41) is 13.5. The molecule has 0 radical (unpaired) electrons. The SMILES string of the molecule is CCn1ncnc1CSc1nnc(CN)n1C1CC1. The van der Waals surface area contributed by atoms with Crippen LogP contribution in [0.1, 0.15) is 37.5 Å². The fourth-order valence-corrected chi connectivity index (χ4v) is 3.01. The van der Waals surface area contributed by atoms with Crippen molar-refractivity contribution >= 4 is 11.8 Å². The normalized spacial score (nSPS) is 15.1. The van der Waals surface area contributed by atoms with Crippen LogP contribution in [-0.2, 0) is 18.8 Å². The van der Waals surface area contributed by atoms with E-state index in [4.69, 9.17) is 5.73 Å². The molecule has 1 fully saturated rings. The summed E-state index contributed by atoms with van der Waals surface area (Å²) in [6.07, 6.45) is 3.99. The second-order valence-electron chi connectivity index (χ2n) is 4.48. The van der Waals surface area contributed by atoms with E-state index in [0.717, 1.165) is 29.1 Å². The Labute approximate surface area is 115 Å². The van der Waals surface area contributed by atoms with Crippen molar-refractivity contribution in [3.63, 3.8) is 0 Å². The molecule has 2 aromatic rings. The zero-order valence-electron chi connectivity index (χ0n) is 10.9. The molecule has 8 heteroatoms. The molecule has 0 saturated heterocycles. The fraction of sp³-hybridized carbons (Fsp3) is 0.636. The molecule has 1 aliphatic rings. The molecule has 2 heterocycles. The van der Waals surface area contributed by atoms with Gasteiger partial charge in [-0.2, -0.15) is 5.10 Å². The van der Waals surface area contributed by atoms with E-state index in [1.807, 2.05) is 4.68 Å². The first kappa shape index (κ1) is 12.6. The number of aromatic nitrogens is 6. The van der Waals surface area contributed by atoms with Crippen LogP contribution in [0.3, 0.4) is 0 Å². The molecule has 2 aromatic heterocycles. The second-order valence-corrected chi connectivity index (χ2v) is 5.43. The predicted molar refractivity (Wildman–Crippen MR) is 71.4 cm³/mol. The lowest BCUT2D eigenvalue weighted by Gasteiger charge is -2.07. The molecule has 7 nitrogen and oxygen atoms in total. The maximum Gasteiger partial charge on any atom is 0.191 e. The van der Waals surface area contributed by atoms with Gasteiger partial charge in [-0.1, -0.05) is 11.8 Å². The van der Waals surface area contributed by atoms with E-state index in [9.17, 15) is 0 Å². The zero-order chi connectivity index (χ0) is 13.2. The Balaban J connectivity index is 1.75. The molecule has 0 aliphatic heterocycles. The highest BCUT2D eigenvalue weighted by Gasteiger charge is 2.29. The lowest BCUT2D eigenvalue weighted by atomic mass is 10.5. The number of rotatable bonds is 6. The summed E-state index contributed by atoms with van der Waals surface area (Å²) in [4.78, 5) is 4.27. The highest BCUT2D eigenvalue weighted by atomic mass is 32.2. The highest BCUT2D eigenvalue weighted by Crippen LogP contribution is 2.39. The van der Waals surface area contributed by atoms with Crippen LogP contribution in [0, 0.1) is 0 Å². The summed E-state index contributed by atoms with van der Waals surface area (Å²) in [6, 6.07) is 0.542. The number of thioether (sulfide) groups is 1. The van der Waals surface area contributed by atoms with Gasteiger partial charge in [0.2, 0.25) is 0 Å². The summed E-state index contributed by atoms with van der Waals surface area (Å²) < 4.78 is 4.08. The van der Waals surface area contributed by atoms with Crippen LogP contribution in [0.4, 0.5) is 0 Å². The van der Waals surface area contributed by atoms with E-state index in [0.29, 0.717) is 12.6 Å². The quantitative estimate of drug-likeness (QED) is 0.793. The van der Waals surface area contributed by atoms with Crippen molar-refractivity contribution in [2.75, 3.05) is 0 Å². The number of aryl methyl sites for hydroxylation is 1. The van der Waals surface area contributed by atoms with E-state index >= 15 is 0 Å². The average molecular weight is 279 g/mol. The summed E-state index contributed by atoms with van der Waals surface area (Å²) >= 11 is 1.65. The molecular weight excluding hydrogens is 262 g/mol. The standard InChI is InChI=1S/C11H17N7S/c1-2-17-10(13-7-14-17)6-19-11-16-15-9(5-12)18(11)8-3-4-8/h7-8H,2-6,12H2,1H3. The summed E-state index contributed by atoms with van der Waals surface area (Å²) in [6.45, 7) is 3.33. The summed E-state index contributed by atoms with van der Waals surface area (Å²) in [5.41, 5.74) is 5.71. The summed E-state index contributed by atoms with van der Waals surface area (Å²) in [5.74, 6) is 2.60. The lowest BCUT2D eigenvalue weighted by Crippen LogP contribution is -2.08. The Morgan fingerprint density at radius 3 is 2.89 bits per heavy atom. The van der Waals surface area contributed by atoms with Crippen molar-refractivity contribution in [3.05, 3.63) is 18.0 Å². The van der Waals surface area contributed by atoms with Crippen molar-refractivity contribution in [2.24, 2.45) is 5.73 Å². The van der Waals surface area contributed by atoms with Crippen molar-refractivity contribution in [3.8, 4) is 0 Å². The van der Waals surface area contributed by atoms with Crippen LogP contribution in [0.2, 0.25) is 0 Å². The van der Waals surface area contributed by atoms with Crippen LogP contribution in [-0.4, -0.2) is 29.5 Å². The lowest BCUT2D eigenvalue weighted by molar-refractivity contribution is 0.621. The van der Waals surface area contributed by atoms with E-state index in [-0.39, 0.29) is 0 Å². The van der Waals surface area contributed by atoms with Gasteiger partial charge in [-0.3, -0.25) is 0 Å². The molecule has 0 unspecified atom stereocenters. The van der Waals surface area contributed by atoms with E-state index in [1.165, 1.54) is 12.8 Å². The number of nitrogens with zero attached hydrogens (tertiary/aromatic N) is 6. The Kier molecular flexibility index (Phi) is 3.52. The van der Waals surface area contributed by atoms with Gasteiger partial charge in [0, 0.05) is 12.6 Å². The molecule has 0 spiro atoms. The molecular formula is C11H17N7S. The molecule has 0 atom stereocenters. The minimum atomic E-state index is 0.440. The molecule has 3 rings (SSSR count). The van der Waals surface area contributed by atoms with Gasteiger partial charge < -0.3 is 10.3 Å². The topological polar surface area (TPSA) is 87.4 Å². The Morgan fingerprint density at radius 1 is 1.37 bits per heavy atom. The van der Waals surface area contributed by atoms with E-state index in [2.05, 4.69) is 31.8 Å². The monoisotopic (exact) mass is 279 g/mol. The molecule has 0 bridgehead atoms. The minimum absolute atomic E-state index is 0.440. The van der Waals surface area contributed by atoms with Gasteiger partial charge >= 0.3 is 0 Å². The minimum Gasteiger partial charge on any atom is -0.324 e. The van der Waals surface area contributed by atoms with E-state index < -0.39 is 0 Å². The zero-order valence-corrected chi connectivity index (χ0v) is 11.7. The third-order valence-corrected chi connectivity index (χ3v) is 4.09. The highest BCUT2D eigenvalue weighted by molar-refractivity contribution is 7.98. The molecule has 0 amide bonds. The first-order valence-corrected chi connectivity index (χ1v) is 7.45. The first-order chi connectivity index (χ1) is 9.33. The Hall–Kier alpha value is -1.41. The molecule has 102 valence electrons. The van der Waals surface area contributed by atoms with Crippen molar-refractivity contribution in [2.45, 2.75) is 49.8 Å². The fourth-order valence-electron chi connectivity index (χ4n) is 2.04. The van der Waals surface area contributed by atoms with Gasteiger partial charge in [0.15, 0.2) is 5.16 Å². The molecule has 1 aliphatic carbocycles. The van der Waals surface area contributed by atoms with Gasteiger partial charge in [0.1, 0.15) is 18.0 Å². The van der Waals surface area contributed by atoms with Crippen LogP contribution >= 0.6 is 11.8 Å². The largest absolute Gasteiger partial charge is 0.324 e. The molecule has 0 aromatic carbocycles. The van der Waals surface area contributed by atoms with Gasteiger partial charge in [-0.05, 0) is 19.8 Å². The number of hydrogen-bond donors (Lipinski definition) is 1. The molecule has 1 saturated carbocycles. The van der Waals surface area contributed by atoms with Gasteiger partial charge in [-0.15, -0.1) is 10.2 Å². The van der Waals surface area contributed by atoms with Crippen LogP contribution in [0.5, 0.6) is 0 Å². The smallest absolute Gasteiger partial charge is 0.191 e. The third kappa shape index (κ3) is 2.50. The molecule has 19 heavy (non-hydrogen) atoms. The number of hydrogen-bond acceptors (Lipinski definition) is 6. The maximum absolute atomic E-state index is 5.71. The van der Waals surface area contributed by atoms with Gasteiger partial charge in [0.25, 0.3) is 0 Å². The van der Waals surface area contributed by atoms with Crippen LogP contribution < -0.4 is 5.73 Å². The maximum atomic E-state index is 5.71. The van der Waals surface area contributed by atoms with Crippen molar-refractivity contribution in [1.29, 1.82) is 0 Å². The first-order valence-electron chi connectivity index (χ1n) is 6.46. The Morgan fingerprint density at radius 2 is 2.21 bits per heavy atom. The molecule has 2 N–H and O–H groups in total. The average Bonchev–Trinajstić information content (AvgIpc) is 3.03. The third-order valence-electron chi connectivity index (χ3n) is 3.16. The predicted octanol–water partition coefficient (Wildman–Crippen LogP) is 0.975. The summed E-state index contributed by atoms with van der Waals surface area (Å²) in [7, 11) is 0. The Bertz CT molecular complexity index is 557. The van der Waals surface area contributed by atoms with Gasteiger partial charge in [0.05, 0.1) is 12.3 Å².